The lowest BCUT2D eigenvalue weighted by atomic mass is 9.72. The molecule has 2 aromatic carbocycles. The van der Waals surface area contributed by atoms with Crippen LogP contribution in [-0.4, -0.2) is 273 Å². The number of aliphatic carboxylic acids is 5. The Kier molecular flexibility index (Phi) is 34.8. The second-order valence-electron chi connectivity index (χ2n) is 25.0. The third kappa shape index (κ3) is 27.6. The lowest BCUT2D eigenvalue weighted by molar-refractivity contribution is -0.192. The van der Waals surface area contributed by atoms with Crippen LogP contribution in [0.5, 0.6) is 0 Å². The summed E-state index contributed by atoms with van der Waals surface area (Å²) in [5, 5.41) is 72.0. The van der Waals surface area contributed by atoms with Crippen LogP contribution in [0.4, 0.5) is 5.69 Å². The monoisotopic (exact) mass is 1410 g/mol. The minimum Gasteiger partial charge on any atom is -0.481 e. The molecule has 1 saturated heterocycles. The first-order valence-corrected chi connectivity index (χ1v) is 33.2. The molecule has 0 saturated carbocycles. The van der Waals surface area contributed by atoms with Crippen LogP contribution in [0.3, 0.4) is 0 Å². The fraction of sp³-hybridized carbons (Fsp3) is 0.585. The van der Waals surface area contributed by atoms with E-state index in [1.165, 1.54) is 30.4 Å². The van der Waals surface area contributed by atoms with Crippen molar-refractivity contribution >= 4 is 95.7 Å². The molecule has 5 rings (SSSR count). The number of rotatable bonds is 36. The fourth-order valence-electron chi connectivity index (χ4n) is 11.6. The summed E-state index contributed by atoms with van der Waals surface area (Å²) in [5.41, 5.74) is 1.27. The summed E-state index contributed by atoms with van der Waals surface area (Å²) < 4.78 is 1.36. The topological polar surface area (TPSA) is 450 Å². The van der Waals surface area contributed by atoms with Crippen LogP contribution >= 0.6 is 12.6 Å². The first-order valence-electron chi connectivity index (χ1n) is 32.6. The number of carboxylic acids is 5. The Balaban J connectivity index is 0.00000680. The molecule has 10 N–H and O–H groups in total. The highest BCUT2D eigenvalue weighted by molar-refractivity contribution is 7.80. The number of nitrogens with zero attached hydrogens (tertiary/aromatic N) is 9. The molecule has 1 aromatic heterocycles. The molecule has 4 unspecified atom stereocenters. The van der Waals surface area contributed by atoms with Gasteiger partial charge in [0.2, 0.25) is 41.4 Å². The molecule has 2 aliphatic rings. The molecule has 1 fully saturated rings. The summed E-state index contributed by atoms with van der Waals surface area (Å²) in [4.78, 5) is 181. The SMILES string of the molecule is CC(=O)NCCCCCNC(=O)C(CC(CC(CS)C(=O)N(C)C)C(=O)NCCCCC(NC(=O)Cn1nnc2c1-c1ccccc1CN(C(=O)CCNC(=O)CN1CCN(CC(=O)O)CCN(CC(=O)O)CCN(CC(=O)O)CC1)c1ccccc1-2)C(=O)O)C(C)(C)C(=O)O.O=C=O. The van der Waals surface area contributed by atoms with Crippen molar-refractivity contribution in [3.8, 4) is 22.5 Å². The predicted molar refractivity (Wildman–Crippen MR) is 359 cm³/mol. The van der Waals surface area contributed by atoms with Gasteiger partial charge in [0.25, 0.3) is 0 Å². The number of nitrogens with one attached hydrogen (secondary N) is 5. The highest BCUT2D eigenvalue weighted by Crippen LogP contribution is 2.41. The average Bonchev–Trinajstić information content (AvgIpc) is 1.71. The van der Waals surface area contributed by atoms with Crippen LogP contribution in [0, 0.1) is 23.2 Å². The van der Waals surface area contributed by atoms with Crippen molar-refractivity contribution in [2.75, 3.05) is 129 Å². The van der Waals surface area contributed by atoms with E-state index in [0.29, 0.717) is 59.6 Å². The van der Waals surface area contributed by atoms with E-state index in [0.717, 1.165) is 0 Å². The van der Waals surface area contributed by atoms with Crippen molar-refractivity contribution < 1.29 is 92.7 Å². The first-order chi connectivity index (χ1) is 47.0. The summed E-state index contributed by atoms with van der Waals surface area (Å²) in [6.07, 6.45) is 2.12. The zero-order chi connectivity index (χ0) is 73.4. The van der Waals surface area contributed by atoms with Gasteiger partial charge in [-0.15, -0.1) is 5.10 Å². The number of benzene rings is 2. The van der Waals surface area contributed by atoms with Gasteiger partial charge >= 0.3 is 36.0 Å². The van der Waals surface area contributed by atoms with Gasteiger partial charge in [0.05, 0.1) is 55.4 Å². The molecular formula is C65H94N14O19S. The van der Waals surface area contributed by atoms with Gasteiger partial charge in [-0.25, -0.2) is 9.48 Å². The van der Waals surface area contributed by atoms with E-state index in [1.807, 2.05) is 0 Å². The number of amides is 7. The molecule has 99 heavy (non-hydrogen) atoms. The van der Waals surface area contributed by atoms with Gasteiger partial charge in [-0.1, -0.05) is 47.7 Å². The second-order valence-corrected chi connectivity index (χ2v) is 25.4. The van der Waals surface area contributed by atoms with Crippen molar-refractivity contribution in [2.24, 2.45) is 23.2 Å². The van der Waals surface area contributed by atoms with E-state index in [1.54, 1.807) is 87.1 Å². The van der Waals surface area contributed by atoms with E-state index < -0.39 is 89.2 Å². The Labute approximate surface area is 579 Å². The maximum absolute atomic E-state index is 14.4. The Hall–Kier alpha value is -9.21. The standard InChI is InChI=1S/C64H94N14O17S.CO2/c1-42(79)65-21-12-6-13-22-68-60(90)48(64(2,3)63(94)95)34-44(33-45(41-96)61(91)72(4)5)59(89)67-23-14-11-18-49(62(92)93)69-52(81)37-78-58-46-16-8-7-15-43(46)35-77(50-19-10-9-17-47(50)57(58)70-71-78)53(82)20-24-66-51(80)36-73-25-27-74(38-54(83)84)29-31-76(40-56(87)88)32-30-75(28-26-73)39-55(85)86;2-1-3/h7-10,15-17,19,44-45,48-49,96H,6,11-14,18,20-41H2,1-5H3,(H,65,79)(H,66,80)(H,67,89)(H,68,90)(H,69,81)(H,83,84)(H,85,86)(H,87,88)(H,92,93)(H,94,95);. The molecule has 0 aliphatic carbocycles. The van der Waals surface area contributed by atoms with E-state index in [-0.39, 0.29) is 173 Å². The number of hydrogen-bond acceptors (Lipinski definition) is 21. The van der Waals surface area contributed by atoms with E-state index in [2.05, 4.69) is 49.5 Å². The summed E-state index contributed by atoms with van der Waals surface area (Å²) in [6.45, 7) is 5.03. The smallest absolute Gasteiger partial charge is 0.373 e. The number of carbonyl (C=O) groups excluding carboxylic acids is 9. The summed E-state index contributed by atoms with van der Waals surface area (Å²) >= 11 is 4.39. The zero-order valence-corrected chi connectivity index (χ0v) is 57.5. The van der Waals surface area contributed by atoms with Crippen molar-refractivity contribution in [3.63, 3.8) is 0 Å². The molecule has 4 atom stereocenters. The number of hydrogen-bond donors (Lipinski definition) is 11. The lowest BCUT2D eigenvalue weighted by Gasteiger charge is -2.33. The first kappa shape index (κ1) is 82.2. The van der Waals surface area contributed by atoms with Crippen LogP contribution in [-0.2, 0) is 80.2 Å². The summed E-state index contributed by atoms with van der Waals surface area (Å²) in [6, 6.07) is 12.7. The summed E-state index contributed by atoms with van der Waals surface area (Å²) in [7, 11) is 3.12. The molecular weight excluding hydrogens is 1310 g/mol. The zero-order valence-electron chi connectivity index (χ0n) is 56.7. The number of carbonyl (C=O) groups is 12. The van der Waals surface area contributed by atoms with Gasteiger partial charge in [-0.2, -0.15) is 22.2 Å². The minimum absolute atomic E-state index is 0.0326. The molecule has 2 aliphatic heterocycles. The van der Waals surface area contributed by atoms with Crippen LogP contribution in [0.2, 0.25) is 0 Å². The van der Waals surface area contributed by atoms with E-state index in [4.69, 9.17) is 9.59 Å². The van der Waals surface area contributed by atoms with E-state index in [9.17, 15) is 83.1 Å². The van der Waals surface area contributed by atoms with Crippen molar-refractivity contribution in [1.29, 1.82) is 0 Å². The minimum atomic E-state index is -1.64. The molecule has 3 heterocycles. The third-order valence-electron chi connectivity index (χ3n) is 17.0. The fourth-order valence-corrected chi connectivity index (χ4v) is 11.9. The predicted octanol–water partition coefficient (Wildman–Crippen LogP) is -0.107. The lowest BCUT2D eigenvalue weighted by Crippen LogP contribution is -2.50. The number of anilines is 1. The average molecular weight is 1410 g/mol. The quantitative estimate of drug-likeness (QED) is 0.0267. The largest absolute Gasteiger partial charge is 0.481 e. The number of fused-ring (bicyclic) bond motifs is 5. The summed E-state index contributed by atoms with van der Waals surface area (Å²) in [5.74, 6) is -11.8. The molecule has 3 aromatic rings. The molecule has 7 amide bonds. The molecule has 0 spiro atoms. The van der Waals surface area contributed by atoms with Gasteiger partial charge in [0.1, 0.15) is 18.3 Å². The number of carboxylic acid groups (broad SMARTS) is 5. The molecule has 0 radical (unpaired) electrons. The molecule has 33 nitrogen and oxygen atoms in total. The van der Waals surface area contributed by atoms with Gasteiger partial charge in [-0.05, 0) is 76.8 Å². The molecule has 34 heteroatoms. The van der Waals surface area contributed by atoms with Crippen LogP contribution < -0.4 is 31.5 Å². The van der Waals surface area contributed by atoms with Crippen LogP contribution in [0.1, 0.15) is 84.1 Å². The Morgan fingerprint density at radius 1 is 0.606 bits per heavy atom. The Morgan fingerprint density at radius 3 is 1.63 bits per heavy atom. The van der Waals surface area contributed by atoms with Crippen molar-refractivity contribution in [2.45, 2.75) is 97.7 Å². The van der Waals surface area contributed by atoms with Gasteiger partial charge in [-0.3, -0.25) is 72.3 Å². The Morgan fingerprint density at radius 2 is 1.11 bits per heavy atom. The van der Waals surface area contributed by atoms with Crippen molar-refractivity contribution in [3.05, 3.63) is 54.1 Å². The Bertz CT molecular complexity index is 3270. The second kappa shape index (κ2) is 41.9. The molecule has 0 bridgehead atoms. The number of para-hydroxylation sites is 1. The van der Waals surface area contributed by atoms with Crippen LogP contribution in [0.15, 0.2) is 48.5 Å². The van der Waals surface area contributed by atoms with E-state index >= 15 is 0 Å². The number of aromatic nitrogens is 3. The van der Waals surface area contributed by atoms with Gasteiger partial charge in [0, 0.05) is 135 Å². The van der Waals surface area contributed by atoms with Gasteiger partial charge < -0.3 is 61.9 Å². The highest BCUT2D eigenvalue weighted by atomic mass is 32.1. The van der Waals surface area contributed by atoms with Crippen LogP contribution in [0.25, 0.3) is 22.5 Å². The normalized spacial score (nSPS) is 15.2. The molecule has 544 valence electrons. The number of thiol groups is 1. The third-order valence-corrected chi connectivity index (χ3v) is 17.4. The van der Waals surface area contributed by atoms with Crippen molar-refractivity contribution in [1.82, 2.24) is 66.1 Å². The number of unbranched alkanes of at least 4 members (excludes halogenated alkanes) is 3. The maximum atomic E-state index is 14.4. The van der Waals surface area contributed by atoms with Gasteiger partial charge in [0.15, 0.2) is 0 Å². The highest BCUT2D eigenvalue weighted by Gasteiger charge is 2.44. The maximum Gasteiger partial charge on any atom is 0.373 e.